The highest BCUT2D eigenvalue weighted by Gasteiger charge is 2.43. The second-order valence-electron chi connectivity index (χ2n) is 4.37. The lowest BCUT2D eigenvalue weighted by atomic mass is 10.1. The molecule has 1 heterocycles. The number of hydrogen-bond donors (Lipinski definition) is 5. The topological polar surface area (TPSA) is 128 Å². The van der Waals surface area contributed by atoms with E-state index in [4.69, 9.17) is 14.5 Å². The SMILES string of the molecule is O=P(O)(O)OC[C@H]1O[C@@H](Nc2ccccc2)[C@H](O)[C@@H]1O. The standard InChI is InChI=1S/C11H16NO7P/c13-9-8(6-18-20(15,16)17)19-11(10(9)14)12-7-4-2-1-3-5-7/h1-5,8-14H,6H2,(H2,15,16,17)/t8-,9-,10-,11-/m1/s1. The fourth-order valence-electron chi connectivity index (χ4n) is 1.87. The second kappa shape index (κ2) is 6.19. The van der Waals surface area contributed by atoms with Crippen LogP contribution in [0.15, 0.2) is 30.3 Å². The van der Waals surface area contributed by atoms with Crippen molar-refractivity contribution in [1.29, 1.82) is 0 Å². The summed E-state index contributed by atoms with van der Waals surface area (Å²) in [5.41, 5.74) is 0.681. The zero-order valence-corrected chi connectivity index (χ0v) is 11.3. The van der Waals surface area contributed by atoms with Gasteiger partial charge in [0, 0.05) is 5.69 Å². The molecule has 9 heteroatoms. The molecule has 0 unspecified atom stereocenters. The molecular formula is C11H16NO7P. The van der Waals surface area contributed by atoms with Crippen molar-refractivity contribution in [2.24, 2.45) is 0 Å². The summed E-state index contributed by atoms with van der Waals surface area (Å²) >= 11 is 0. The smallest absolute Gasteiger partial charge is 0.387 e. The van der Waals surface area contributed by atoms with Crippen molar-refractivity contribution in [3.05, 3.63) is 30.3 Å². The Morgan fingerprint density at radius 2 is 1.85 bits per heavy atom. The lowest BCUT2D eigenvalue weighted by Crippen LogP contribution is -2.36. The van der Waals surface area contributed by atoms with Gasteiger partial charge >= 0.3 is 7.82 Å². The van der Waals surface area contributed by atoms with Gasteiger partial charge in [-0.15, -0.1) is 0 Å². The molecule has 112 valence electrons. The van der Waals surface area contributed by atoms with Gasteiger partial charge < -0.3 is 30.1 Å². The van der Waals surface area contributed by atoms with E-state index >= 15 is 0 Å². The van der Waals surface area contributed by atoms with Crippen LogP contribution in [0.4, 0.5) is 5.69 Å². The fraction of sp³-hybridized carbons (Fsp3) is 0.455. The zero-order chi connectivity index (χ0) is 14.8. The maximum Gasteiger partial charge on any atom is 0.469 e. The Balaban J connectivity index is 1.94. The van der Waals surface area contributed by atoms with Crippen molar-refractivity contribution in [2.75, 3.05) is 11.9 Å². The van der Waals surface area contributed by atoms with Gasteiger partial charge in [0.2, 0.25) is 0 Å². The van der Waals surface area contributed by atoms with Gasteiger partial charge in [0.25, 0.3) is 0 Å². The quantitative estimate of drug-likeness (QED) is 0.467. The maximum atomic E-state index is 10.6. The Bertz CT molecular complexity index is 479. The van der Waals surface area contributed by atoms with Gasteiger partial charge in [-0.2, -0.15) is 0 Å². The molecule has 1 fully saturated rings. The van der Waals surface area contributed by atoms with Crippen LogP contribution < -0.4 is 5.32 Å². The third-order valence-electron chi connectivity index (χ3n) is 2.85. The third-order valence-corrected chi connectivity index (χ3v) is 3.34. The molecule has 0 aromatic heterocycles. The molecule has 8 nitrogen and oxygen atoms in total. The molecule has 0 amide bonds. The molecule has 4 atom stereocenters. The van der Waals surface area contributed by atoms with E-state index in [1.54, 1.807) is 24.3 Å². The van der Waals surface area contributed by atoms with E-state index < -0.39 is 39.0 Å². The summed E-state index contributed by atoms with van der Waals surface area (Å²) < 4.78 is 20.2. The monoisotopic (exact) mass is 305 g/mol. The first-order valence-corrected chi connectivity index (χ1v) is 7.43. The highest BCUT2D eigenvalue weighted by molar-refractivity contribution is 7.46. The van der Waals surface area contributed by atoms with Crippen molar-refractivity contribution in [3.63, 3.8) is 0 Å². The lowest BCUT2D eigenvalue weighted by molar-refractivity contribution is -0.0151. The van der Waals surface area contributed by atoms with E-state index in [0.29, 0.717) is 5.69 Å². The second-order valence-corrected chi connectivity index (χ2v) is 5.61. The third kappa shape index (κ3) is 4.00. The van der Waals surface area contributed by atoms with E-state index in [9.17, 15) is 14.8 Å². The molecule has 1 aliphatic rings. The van der Waals surface area contributed by atoms with Crippen molar-refractivity contribution in [1.82, 2.24) is 0 Å². The summed E-state index contributed by atoms with van der Waals surface area (Å²) in [5.74, 6) is 0. The molecule has 5 N–H and O–H groups in total. The Morgan fingerprint density at radius 1 is 1.20 bits per heavy atom. The predicted molar refractivity (Wildman–Crippen MR) is 68.7 cm³/mol. The molecule has 1 aromatic carbocycles. The largest absolute Gasteiger partial charge is 0.469 e. The number of rotatable bonds is 5. The maximum absolute atomic E-state index is 10.6. The minimum Gasteiger partial charge on any atom is -0.387 e. The summed E-state index contributed by atoms with van der Waals surface area (Å²) in [6, 6.07) is 8.90. The van der Waals surface area contributed by atoms with E-state index in [1.165, 1.54) is 0 Å². The Hall–Kier alpha value is -0.990. The highest BCUT2D eigenvalue weighted by atomic mass is 31.2. The molecule has 1 aromatic rings. The molecule has 0 spiro atoms. The molecular weight excluding hydrogens is 289 g/mol. The number of benzene rings is 1. The minimum absolute atomic E-state index is 0.518. The van der Waals surface area contributed by atoms with Crippen molar-refractivity contribution >= 4 is 13.5 Å². The van der Waals surface area contributed by atoms with Gasteiger partial charge in [0.15, 0.2) is 6.23 Å². The van der Waals surface area contributed by atoms with Crippen LogP contribution >= 0.6 is 7.82 Å². The van der Waals surface area contributed by atoms with Crippen LogP contribution in [0.5, 0.6) is 0 Å². The Labute approximate surface area is 115 Å². The van der Waals surface area contributed by atoms with Crippen molar-refractivity contribution < 1.29 is 33.8 Å². The molecule has 2 rings (SSSR count). The average molecular weight is 305 g/mol. The van der Waals surface area contributed by atoms with Crippen LogP contribution in [0.2, 0.25) is 0 Å². The number of phosphoric acid groups is 1. The minimum atomic E-state index is -4.64. The summed E-state index contributed by atoms with van der Waals surface area (Å²) in [7, 11) is -4.64. The normalized spacial score (nSPS) is 30.4. The van der Waals surface area contributed by atoms with Gasteiger partial charge in [-0.3, -0.25) is 4.52 Å². The Morgan fingerprint density at radius 3 is 2.45 bits per heavy atom. The van der Waals surface area contributed by atoms with Gasteiger partial charge in [-0.25, -0.2) is 4.57 Å². The molecule has 20 heavy (non-hydrogen) atoms. The number of ether oxygens (including phenoxy) is 1. The average Bonchev–Trinajstić information content (AvgIpc) is 2.65. The van der Waals surface area contributed by atoms with E-state index in [-0.39, 0.29) is 0 Å². The Kier molecular flexibility index (Phi) is 4.77. The number of aliphatic hydroxyl groups is 2. The van der Waals surface area contributed by atoms with Gasteiger partial charge in [0.05, 0.1) is 6.61 Å². The van der Waals surface area contributed by atoms with Crippen molar-refractivity contribution in [3.8, 4) is 0 Å². The van der Waals surface area contributed by atoms with Crippen LogP contribution in [0.3, 0.4) is 0 Å². The fourth-order valence-corrected chi connectivity index (χ4v) is 2.22. The summed E-state index contributed by atoms with van der Waals surface area (Å²) in [4.78, 5) is 17.2. The number of hydrogen-bond acceptors (Lipinski definition) is 6. The van der Waals surface area contributed by atoms with Crippen LogP contribution in [0.1, 0.15) is 0 Å². The van der Waals surface area contributed by atoms with E-state index in [1.807, 2.05) is 6.07 Å². The zero-order valence-electron chi connectivity index (χ0n) is 10.4. The first-order valence-electron chi connectivity index (χ1n) is 5.90. The molecule has 1 aliphatic heterocycles. The number of para-hydroxylation sites is 1. The van der Waals surface area contributed by atoms with Crippen LogP contribution in [0, 0.1) is 0 Å². The van der Waals surface area contributed by atoms with Gasteiger partial charge in [0.1, 0.15) is 18.3 Å². The summed E-state index contributed by atoms with van der Waals surface area (Å²) in [6.45, 7) is -0.518. The van der Waals surface area contributed by atoms with Crippen molar-refractivity contribution in [2.45, 2.75) is 24.5 Å². The van der Waals surface area contributed by atoms with E-state index in [0.717, 1.165) is 0 Å². The van der Waals surface area contributed by atoms with Crippen LogP contribution in [0.25, 0.3) is 0 Å². The summed E-state index contributed by atoms with van der Waals surface area (Å²) in [6.07, 6.45) is -4.46. The van der Waals surface area contributed by atoms with Crippen LogP contribution in [-0.2, 0) is 13.8 Å². The highest BCUT2D eigenvalue weighted by Crippen LogP contribution is 2.37. The number of nitrogens with one attached hydrogen (secondary N) is 1. The van der Waals surface area contributed by atoms with Crippen LogP contribution in [-0.4, -0.2) is 51.1 Å². The molecule has 0 aliphatic carbocycles. The predicted octanol–water partition coefficient (Wildman–Crippen LogP) is -0.346. The van der Waals surface area contributed by atoms with Gasteiger partial charge in [-0.05, 0) is 12.1 Å². The lowest BCUT2D eigenvalue weighted by Gasteiger charge is -2.17. The molecule has 0 saturated carbocycles. The first-order chi connectivity index (χ1) is 9.37. The number of aliphatic hydroxyl groups excluding tert-OH is 2. The number of phosphoric ester groups is 1. The molecule has 1 saturated heterocycles. The number of anilines is 1. The molecule has 0 bridgehead atoms. The first kappa shape index (κ1) is 15.4. The molecule has 0 radical (unpaired) electrons. The van der Waals surface area contributed by atoms with Gasteiger partial charge in [-0.1, -0.05) is 18.2 Å². The summed E-state index contributed by atoms with van der Waals surface area (Å²) in [5, 5.41) is 22.5. The van der Waals surface area contributed by atoms with E-state index in [2.05, 4.69) is 9.84 Å².